The van der Waals surface area contributed by atoms with Crippen LogP contribution in [0, 0.1) is 11.8 Å². The summed E-state index contributed by atoms with van der Waals surface area (Å²) in [4.78, 5) is 0. The van der Waals surface area contributed by atoms with Crippen molar-refractivity contribution < 1.29 is 0 Å². The van der Waals surface area contributed by atoms with Crippen molar-refractivity contribution in [3.05, 3.63) is 34.3 Å². The van der Waals surface area contributed by atoms with Crippen molar-refractivity contribution in [2.24, 2.45) is 11.8 Å². The molecule has 1 N–H and O–H groups in total. The van der Waals surface area contributed by atoms with Gasteiger partial charge in [-0.3, -0.25) is 0 Å². The van der Waals surface area contributed by atoms with Gasteiger partial charge in [-0.15, -0.1) is 0 Å². The maximum Gasteiger partial charge on any atom is 0.0175 e. The Kier molecular flexibility index (Phi) is 6.75. The molecular weight excluding hydrogens is 322 g/mol. The smallest absolute Gasteiger partial charge is 0.0175 e. The molecule has 0 bridgehead atoms. The average molecular weight is 352 g/mol. The van der Waals surface area contributed by atoms with Gasteiger partial charge in [-0.1, -0.05) is 54.8 Å². The van der Waals surface area contributed by atoms with Crippen molar-refractivity contribution >= 4 is 15.9 Å². The second-order valence-electron chi connectivity index (χ2n) is 7.11. The van der Waals surface area contributed by atoms with Crippen molar-refractivity contribution in [1.29, 1.82) is 0 Å². The van der Waals surface area contributed by atoms with E-state index in [9.17, 15) is 0 Å². The van der Waals surface area contributed by atoms with Crippen LogP contribution in [0.25, 0.3) is 0 Å². The molecule has 118 valence electrons. The molecule has 2 rings (SSSR count). The Morgan fingerprint density at radius 3 is 2.43 bits per heavy atom. The van der Waals surface area contributed by atoms with Gasteiger partial charge >= 0.3 is 0 Å². The number of hydrogen-bond donors (Lipinski definition) is 1. The quantitative estimate of drug-likeness (QED) is 0.683. The second kappa shape index (κ2) is 8.33. The van der Waals surface area contributed by atoms with E-state index in [4.69, 9.17) is 0 Å². The van der Waals surface area contributed by atoms with Crippen molar-refractivity contribution in [2.45, 2.75) is 71.4 Å². The largest absolute Gasteiger partial charge is 0.311 e. The first-order valence-electron chi connectivity index (χ1n) is 8.55. The summed E-state index contributed by atoms with van der Waals surface area (Å²) in [5, 5.41) is 3.87. The molecule has 0 spiro atoms. The number of halogens is 1. The van der Waals surface area contributed by atoms with E-state index in [1.54, 1.807) is 0 Å². The van der Waals surface area contributed by atoms with Crippen LogP contribution < -0.4 is 5.32 Å². The van der Waals surface area contributed by atoms with Gasteiger partial charge in [0.1, 0.15) is 0 Å². The Morgan fingerprint density at radius 2 is 1.76 bits per heavy atom. The van der Waals surface area contributed by atoms with E-state index in [1.165, 1.54) is 37.7 Å². The highest BCUT2D eigenvalue weighted by Gasteiger charge is 2.21. The summed E-state index contributed by atoms with van der Waals surface area (Å²) in [6.07, 6.45) is 8.06. The molecule has 0 radical (unpaired) electrons. The van der Waals surface area contributed by atoms with Crippen molar-refractivity contribution in [3.8, 4) is 0 Å². The zero-order valence-electron chi connectivity index (χ0n) is 13.7. The van der Waals surface area contributed by atoms with Crippen molar-refractivity contribution in [2.75, 3.05) is 0 Å². The zero-order chi connectivity index (χ0) is 15.2. The van der Waals surface area contributed by atoms with Crippen LogP contribution in [0.3, 0.4) is 0 Å². The first-order valence-corrected chi connectivity index (χ1v) is 9.34. The van der Waals surface area contributed by atoms with Gasteiger partial charge in [-0.25, -0.2) is 0 Å². The lowest BCUT2D eigenvalue weighted by molar-refractivity contribution is 0.334. The number of benzene rings is 1. The van der Waals surface area contributed by atoms with Gasteiger partial charge in [0.2, 0.25) is 0 Å². The maximum absolute atomic E-state index is 3.87. The van der Waals surface area contributed by atoms with E-state index in [1.807, 2.05) is 0 Å². The molecule has 1 aromatic rings. The van der Waals surface area contributed by atoms with E-state index in [0.29, 0.717) is 6.04 Å². The lowest BCUT2D eigenvalue weighted by atomic mass is 9.89. The summed E-state index contributed by atoms with van der Waals surface area (Å²) in [5.74, 6) is 1.79. The Morgan fingerprint density at radius 1 is 1.05 bits per heavy atom. The van der Waals surface area contributed by atoms with Crippen LogP contribution in [0.15, 0.2) is 28.7 Å². The number of rotatable bonds is 5. The topological polar surface area (TPSA) is 12.0 Å². The van der Waals surface area contributed by atoms with E-state index in [-0.39, 0.29) is 0 Å². The maximum atomic E-state index is 3.87. The molecule has 3 unspecified atom stereocenters. The molecule has 3 atom stereocenters. The van der Waals surface area contributed by atoms with Gasteiger partial charge in [-0.05, 0) is 62.1 Å². The van der Waals surface area contributed by atoms with Gasteiger partial charge in [-0.2, -0.15) is 0 Å². The monoisotopic (exact) mass is 351 g/mol. The van der Waals surface area contributed by atoms with Gasteiger partial charge in [0, 0.05) is 16.6 Å². The van der Waals surface area contributed by atoms with Crippen LogP contribution in [0.2, 0.25) is 0 Å². The molecule has 0 heterocycles. The normalized spacial score (nSPS) is 24.8. The molecule has 2 heteroatoms. The molecule has 1 saturated carbocycles. The van der Waals surface area contributed by atoms with Crippen LogP contribution >= 0.6 is 15.9 Å². The van der Waals surface area contributed by atoms with Crippen LogP contribution in [-0.2, 0) is 6.42 Å². The first kappa shape index (κ1) is 17.0. The minimum absolute atomic E-state index is 0.562. The van der Waals surface area contributed by atoms with Gasteiger partial charge in [0.05, 0.1) is 0 Å². The Hall–Kier alpha value is -0.340. The molecule has 1 aliphatic rings. The summed E-state index contributed by atoms with van der Waals surface area (Å²) in [5.41, 5.74) is 1.42. The fraction of sp³-hybridized carbons (Fsp3) is 0.684. The predicted octanol–water partition coefficient (Wildman–Crippen LogP) is 5.57. The van der Waals surface area contributed by atoms with Crippen molar-refractivity contribution in [1.82, 2.24) is 5.32 Å². The second-order valence-corrected chi connectivity index (χ2v) is 8.02. The third kappa shape index (κ3) is 5.75. The minimum Gasteiger partial charge on any atom is -0.311 e. The van der Waals surface area contributed by atoms with Crippen LogP contribution in [0.4, 0.5) is 0 Å². The molecule has 1 fully saturated rings. The third-order valence-electron chi connectivity index (χ3n) is 4.93. The van der Waals surface area contributed by atoms with Crippen LogP contribution in [0.5, 0.6) is 0 Å². The third-order valence-corrected chi connectivity index (χ3v) is 5.46. The van der Waals surface area contributed by atoms with Crippen LogP contribution in [-0.4, -0.2) is 12.1 Å². The fourth-order valence-corrected chi connectivity index (χ4v) is 3.86. The zero-order valence-corrected chi connectivity index (χ0v) is 15.3. The molecule has 0 aliphatic heterocycles. The molecule has 1 aliphatic carbocycles. The van der Waals surface area contributed by atoms with E-state index < -0.39 is 0 Å². The van der Waals surface area contributed by atoms with Gasteiger partial charge in [0.15, 0.2) is 0 Å². The molecule has 1 aromatic carbocycles. The molecule has 1 nitrogen and oxygen atoms in total. The number of hydrogen-bond acceptors (Lipinski definition) is 1. The SMILES string of the molecule is CC(Cc1ccc(Br)cc1)NC1CCCC(C(C)C)CC1. The summed E-state index contributed by atoms with van der Waals surface area (Å²) < 4.78 is 1.16. The van der Waals surface area contributed by atoms with Gasteiger partial charge < -0.3 is 5.32 Å². The highest BCUT2D eigenvalue weighted by Crippen LogP contribution is 2.29. The minimum atomic E-state index is 0.562. The van der Waals surface area contributed by atoms with E-state index in [2.05, 4.69) is 66.3 Å². The van der Waals surface area contributed by atoms with E-state index >= 15 is 0 Å². The number of nitrogens with one attached hydrogen (secondary N) is 1. The Balaban J connectivity index is 1.79. The first-order chi connectivity index (χ1) is 10.0. The Labute approximate surface area is 139 Å². The Bertz CT molecular complexity index is 412. The lowest BCUT2D eigenvalue weighted by Gasteiger charge is -2.23. The fourth-order valence-electron chi connectivity index (χ4n) is 3.60. The molecule has 21 heavy (non-hydrogen) atoms. The molecule has 0 saturated heterocycles. The molecular formula is C19H30BrN. The van der Waals surface area contributed by atoms with Gasteiger partial charge in [0.25, 0.3) is 0 Å². The summed E-state index contributed by atoms with van der Waals surface area (Å²) >= 11 is 3.50. The summed E-state index contributed by atoms with van der Waals surface area (Å²) in [6.45, 7) is 7.09. The lowest BCUT2D eigenvalue weighted by Crippen LogP contribution is -2.37. The predicted molar refractivity (Wildman–Crippen MR) is 95.6 cm³/mol. The highest BCUT2D eigenvalue weighted by molar-refractivity contribution is 9.10. The molecule has 0 aromatic heterocycles. The highest BCUT2D eigenvalue weighted by atomic mass is 79.9. The molecule has 0 amide bonds. The summed E-state index contributed by atoms with van der Waals surface area (Å²) in [6, 6.07) is 10.0. The van der Waals surface area contributed by atoms with Crippen LogP contribution in [0.1, 0.15) is 58.4 Å². The summed E-state index contributed by atoms with van der Waals surface area (Å²) in [7, 11) is 0. The van der Waals surface area contributed by atoms with E-state index in [0.717, 1.165) is 28.8 Å². The standard InChI is InChI=1S/C19H30BrN/c1-14(2)17-5-4-6-19(12-9-17)21-15(3)13-16-7-10-18(20)11-8-16/h7-8,10-11,14-15,17,19,21H,4-6,9,12-13H2,1-3H3. The average Bonchev–Trinajstić information content (AvgIpc) is 2.67. The van der Waals surface area contributed by atoms with Crippen molar-refractivity contribution in [3.63, 3.8) is 0 Å².